The van der Waals surface area contributed by atoms with Crippen molar-refractivity contribution in [1.29, 1.82) is 0 Å². The van der Waals surface area contributed by atoms with Crippen LogP contribution in [0.4, 0.5) is 0 Å². The third kappa shape index (κ3) is 4.93. The van der Waals surface area contributed by atoms with Crippen molar-refractivity contribution < 1.29 is 13.2 Å². The zero-order valence-electron chi connectivity index (χ0n) is 13.1. The smallest absolute Gasteiger partial charge is 0.243 e. The van der Waals surface area contributed by atoms with Gasteiger partial charge in [0, 0.05) is 18.7 Å². The first-order chi connectivity index (χ1) is 9.93. The minimum Gasteiger partial charge on any atom is -0.295 e. The maximum absolute atomic E-state index is 12.7. The molecular formula is C16H25NO3S. The Morgan fingerprint density at radius 2 is 1.67 bits per heavy atom. The summed E-state index contributed by atoms with van der Waals surface area (Å²) in [5.41, 5.74) is 0.432. The van der Waals surface area contributed by atoms with E-state index in [1.54, 1.807) is 22.5 Å². The Kier molecular flexibility index (Phi) is 7.05. The van der Waals surface area contributed by atoms with Crippen molar-refractivity contribution in [2.75, 3.05) is 13.1 Å². The lowest BCUT2D eigenvalue weighted by atomic mass is 10.2. The molecule has 0 aliphatic rings. The van der Waals surface area contributed by atoms with Crippen LogP contribution in [0.15, 0.2) is 29.2 Å². The molecule has 0 aliphatic heterocycles. The lowest BCUT2D eigenvalue weighted by Crippen LogP contribution is -2.33. The van der Waals surface area contributed by atoms with Crippen LogP contribution in [0.2, 0.25) is 0 Å². The first kappa shape index (κ1) is 17.9. The van der Waals surface area contributed by atoms with Gasteiger partial charge >= 0.3 is 0 Å². The Balaban J connectivity index is 3.08. The van der Waals surface area contributed by atoms with Crippen molar-refractivity contribution in [2.24, 2.45) is 0 Å². The van der Waals surface area contributed by atoms with Crippen LogP contribution in [0.3, 0.4) is 0 Å². The van der Waals surface area contributed by atoms with Crippen LogP contribution in [0.5, 0.6) is 0 Å². The molecule has 0 spiro atoms. The van der Waals surface area contributed by atoms with Gasteiger partial charge in [0.05, 0.1) is 4.90 Å². The number of carbonyl (C=O) groups is 1. The minimum atomic E-state index is -3.52. The molecule has 21 heavy (non-hydrogen) atoms. The molecule has 0 radical (unpaired) electrons. The zero-order valence-corrected chi connectivity index (χ0v) is 13.9. The molecule has 5 heteroatoms. The number of benzene rings is 1. The summed E-state index contributed by atoms with van der Waals surface area (Å²) in [5.74, 6) is -0.124. The van der Waals surface area contributed by atoms with E-state index in [1.807, 2.05) is 13.8 Å². The predicted molar refractivity (Wildman–Crippen MR) is 85.0 cm³/mol. The number of nitrogens with zero attached hydrogens (tertiary/aromatic N) is 1. The maximum Gasteiger partial charge on any atom is 0.243 e. The molecular weight excluding hydrogens is 286 g/mol. The van der Waals surface area contributed by atoms with Crippen molar-refractivity contribution in [3.05, 3.63) is 29.8 Å². The second-order valence-electron chi connectivity index (χ2n) is 5.20. The van der Waals surface area contributed by atoms with Crippen molar-refractivity contribution in [3.8, 4) is 0 Å². The van der Waals surface area contributed by atoms with Gasteiger partial charge in [-0.2, -0.15) is 4.31 Å². The summed E-state index contributed by atoms with van der Waals surface area (Å²) in [6.07, 6.45) is 3.59. The quantitative estimate of drug-likeness (QED) is 0.656. The van der Waals surface area contributed by atoms with E-state index >= 15 is 0 Å². The zero-order chi connectivity index (χ0) is 15.9. The van der Waals surface area contributed by atoms with Crippen molar-refractivity contribution in [3.63, 3.8) is 0 Å². The number of hydrogen-bond donors (Lipinski definition) is 0. The number of hydrogen-bond acceptors (Lipinski definition) is 3. The summed E-state index contributed by atoms with van der Waals surface area (Å²) in [5, 5.41) is 0. The van der Waals surface area contributed by atoms with E-state index in [0.29, 0.717) is 18.7 Å². The molecule has 118 valence electrons. The Hall–Kier alpha value is -1.20. The number of carbonyl (C=O) groups excluding carboxylic acids is 1. The summed E-state index contributed by atoms with van der Waals surface area (Å²) >= 11 is 0. The summed E-state index contributed by atoms with van der Waals surface area (Å²) in [4.78, 5) is 11.6. The van der Waals surface area contributed by atoms with Gasteiger partial charge in [-0.1, -0.05) is 38.8 Å². The van der Waals surface area contributed by atoms with Gasteiger partial charge < -0.3 is 0 Å². The van der Waals surface area contributed by atoms with Gasteiger partial charge in [0.2, 0.25) is 10.0 Å². The molecule has 0 aromatic heterocycles. The van der Waals surface area contributed by atoms with E-state index < -0.39 is 10.0 Å². The highest BCUT2D eigenvalue weighted by Crippen LogP contribution is 2.19. The molecule has 0 aliphatic carbocycles. The first-order valence-electron chi connectivity index (χ1n) is 7.54. The fourth-order valence-corrected chi connectivity index (χ4v) is 3.61. The molecule has 1 rings (SSSR count). The average Bonchev–Trinajstić information content (AvgIpc) is 2.47. The van der Waals surface area contributed by atoms with Gasteiger partial charge in [0.15, 0.2) is 5.78 Å². The standard InChI is InChI=1S/C16H25NO3S/c1-4-6-11-17(12-7-5-2)21(19,20)16-10-8-9-15(13-16)14(3)18/h8-10,13H,4-7,11-12H2,1-3H3. The SMILES string of the molecule is CCCCN(CCCC)S(=O)(=O)c1cccc(C(C)=O)c1. The third-order valence-corrected chi connectivity index (χ3v) is 5.30. The Morgan fingerprint density at radius 3 is 2.14 bits per heavy atom. The Labute approximate surface area is 128 Å². The molecule has 0 saturated carbocycles. The minimum absolute atomic E-state index is 0.124. The van der Waals surface area contributed by atoms with Crippen LogP contribution >= 0.6 is 0 Å². The van der Waals surface area contributed by atoms with E-state index in [9.17, 15) is 13.2 Å². The fraction of sp³-hybridized carbons (Fsp3) is 0.562. The molecule has 1 aromatic carbocycles. The number of ketones is 1. The highest BCUT2D eigenvalue weighted by atomic mass is 32.2. The predicted octanol–water partition coefficient (Wildman–Crippen LogP) is 3.48. The Bertz CT molecular complexity index is 559. The van der Waals surface area contributed by atoms with Gasteiger partial charge in [0.25, 0.3) is 0 Å². The molecule has 0 N–H and O–H groups in total. The van der Waals surface area contributed by atoms with Crippen molar-refractivity contribution >= 4 is 15.8 Å². The topological polar surface area (TPSA) is 54.5 Å². The Morgan fingerprint density at radius 1 is 1.10 bits per heavy atom. The molecule has 0 fully saturated rings. The van der Waals surface area contributed by atoms with Gasteiger partial charge in [-0.05, 0) is 31.9 Å². The molecule has 4 nitrogen and oxygen atoms in total. The number of rotatable bonds is 9. The van der Waals surface area contributed by atoms with Gasteiger partial charge in [-0.25, -0.2) is 8.42 Å². The van der Waals surface area contributed by atoms with Crippen LogP contribution in [-0.4, -0.2) is 31.6 Å². The van der Waals surface area contributed by atoms with Crippen LogP contribution < -0.4 is 0 Å². The highest BCUT2D eigenvalue weighted by Gasteiger charge is 2.23. The molecule has 0 bridgehead atoms. The van der Waals surface area contributed by atoms with Crippen LogP contribution in [0, 0.1) is 0 Å². The molecule has 0 atom stereocenters. The molecule has 0 saturated heterocycles. The van der Waals surface area contributed by atoms with E-state index in [1.165, 1.54) is 13.0 Å². The lowest BCUT2D eigenvalue weighted by molar-refractivity contribution is 0.101. The molecule has 0 amide bonds. The van der Waals surface area contributed by atoms with Gasteiger partial charge in [-0.15, -0.1) is 0 Å². The van der Waals surface area contributed by atoms with Crippen molar-refractivity contribution in [1.82, 2.24) is 4.31 Å². The average molecular weight is 311 g/mol. The summed E-state index contributed by atoms with van der Waals surface area (Å²) in [7, 11) is -3.52. The third-order valence-electron chi connectivity index (χ3n) is 3.40. The highest BCUT2D eigenvalue weighted by molar-refractivity contribution is 7.89. The van der Waals surface area contributed by atoms with Crippen LogP contribution in [-0.2, 0) is 10.0 Å². The second-order valence-corrected chi connectivity index (χ2v) is 7.13. The lowest BCUT2D eigenvalue weighted by Gasteiger charge is -2.22. The van der Waals surface area contributed by atoms with E-state index in [4.69, 9.17) is 0 Å². The van der Waals surface area contributed by atoms with Crippen LogP contribution in [0.25, 0.3) is 0 Å². The largest absolute Gasteiger partial charge is 0.295 e. The van der Waals surface area contributed by atoms with E-state index in [2.05, 4.69) is 0 Å². The summed E-state index contributed by atoms with van der Waals surface area (Å²) < 4.78 is 27.0. The fourth-order valence-electron chi connectivity index (χ4n) is 2.05. The van der Waals surface area contributed by atoms with E-state index in [-0.39, 0.29) is 10.7 Å². The summed E-state index contributed by atoms with van der Waals surface area (Å²) in [6, 6.07) is 6.31. The first-order valence-corrected chi connectivity index (χ1v) is 8.98. The second kappa shape index (κ2) is 8.29. The molecule has 1 aromatic rings. The maximum atomic E-state index is 12.7. The monoisotopic (exact) mass is 311 g/mol. The normalized spacial score (nSPS) is 11.8. The van der Waals surface area contributed by atoms with E-state index in [0.717, 1.165) is 25.7 Å². The number of sulfonamides is 1. The molecule has 0 heterocycles. The number of Topliss-reactive ketones (excluding diaryl/α,β-unsaturated/α-hetero) is 1. The van der Waals surface area contributed by atoms with Crippen LogP contribution in [0.1, 0.15) is 56.8 Å². The summed E-state index contributed by atoms with van der Waals surface area (Å²) in [6.45, 7) is 6.59. The number of unbranched alkanes of at least 4 members (excludes halogenated alkanes) is 2. The van der Waals surface area contributed by atoms with Gasteiger partial charge in [-0.3, -0.25) is 4.79 Å². The molecule has 0 unspecified atom stereocenters. The van der Waals surface area contributed by atoms with Crippen molar-refractivity contribution in [2.45, 2.75) is 51.3 Å². The van der Waals surface area contributed by atoms with Gasteiger partial charge in [0.1, 0.15) is 0 Å².